The third-order valence-corrected chi connectivity index (χ3v) is 9.18. The van der Waals surface area contributed by atoms with E-state index < -0.39 is 60.0 Å². The van der Waals surface area contributed by atoms with E-state index in [2.05, 4.69) is 26.3 Å². The van der Waals surface area contributed by atoms with E-state index in [1.807, 2.05) is 6.92 Å². The number of nitrogens with zero attached hydrogens (tertiary/aromatic N) is 3. The predicted octanol–water partition coefficient (Wildman–Crippen LogP) is -3.80. The topological polar surface area (TPSA) is 247 Å². The molecule has 0 aromatic carbocycles. The summed E-state index contributed by atoms with van der Waals surface area (Å²) in [6.45, 7) is 4.35. The molecule has 0 saturated carbocycles. The molecule has 9 atom stereocenters. The van der Waals surface area contributed by atoms with Gasteiger partial charge in [-0.1, -0.05) is 19.8 Å². The number of rotatable bonds is 11. The van der Waals surface area contributed by atoms with Crippen molar-refractivity contribution in [1.82, 2.24) is 31.1 Å². The van der Waals surface area contributed by atoms with E-state index in [-0.39, 0.29) is 68.5 Å². The molecule has 4 aliphatic rings. The largest absolute Gasteiger partial charge is 0.370 e. The number of amides is 4. The van der Waals surface area contributed by atoms with Crippen molar-refractivity contribution in [2.24, 2.45) is 22.2 Å². The smallest absolute Gasteiger partial charge is 0.241 e. The Bertz CT molecular complexity index is 1180. The van der Waals surface area contributed by atoms with E-state index in [9.17, 15) is 28.8 Å². The Morgan fingerprint density at radius 3 is 2.27 bits per heavy atom. The molecule has 4 rings (SSSR count). The molecule has 0 radical (unpaired) electrons. The van der Waals surface area contributed by atoms with Gasteiger partial charge in [0.2, 0.25) is 23.6 Å². The number of ketones is 2. The van der Waals surface area contributed by atoms with Crippen LogP contribution in [0.3, 0.4) is 0 Å². The molecule has 4 heterocycles. The number of guanidine groups is 1. The highest BCUT2D eigenvalue weighted by Crippen LogP contribution is 2.28. The van der Waals surface area contributed by atoms with Crippen LogP contribution >= 0.6 is 0 Å². The van der Waals surface area contributed by atoms with Gasteiger partial charge in [0.1, 0.15) is 18.1 Å². The Morgan fingerprint density at radius 2 is 1.61 bits per heavy atom. The van der Waals surface area contributed by atoms with Crippen molar-refractivity contribution in [3.63, 3.8) is 0 Å². The molecule has 4 aliphatic heterocycles. The van der Waals surface area contributed by atoms with Crippen LogP contribution in [0.5, 0.6) is 0 Å². The first-order valence-corrected chi connectivity index (χ1v) is 15.5. The molecular weight excluding hydrogens is 572 g/mol. The summed E-state index contributed by atoms with van der Waals surface area (Å²) < 4.78 is 0. The molecule has 3 unspecified atom stereocenters. The number of aliphatic imine (C=N–C) groups is 1. The van der Waals surface area contributed by atoms with Gasteiger partial charge in [0.05, 0.1) is 30.2 Å². The summed E-state index contributed by atoms with van der Waals surface area (Å²) in [7, 11) is 0. The fraction of sp³-hybridized carbons (Fsp3) is 0.750. The van der Waals surface area contributed by atoms with Crippen LogP contribution in [0.25, 0.3) is 0 Å². The predicted molar refractivity (Wildman–Crippen MR) is 160 cm³/mol. The van der Waals surface area contributed by atoms with Gasteiger partial charge >= 0.3 is 0 Å². The Balaban J connectivity index is 1.59. The number of carbonyl (C=O) groups excluding carboxylic acids is 6. The summed E-state index contributed by atoms with van der Waals surface area (Å²) in [5.41, 5.74) is 16.4. The molecule has 0 spiro atoms. The van der Waals surface area contributed by atoms with Gasteiger partial charge in [0, 0.05) is 26.2 Å². The fourth-order valence-corrected chi connectivity index (χ4v) is 6.73. The lowest BCUT2D eigenvalue weighted by atomic mass is 9.85. The maximum Gasteiger partial charge on any atom is 0.241 e. The maximum atomic E-state index is 14.0. The molecule has 10 N–H and O–H groups in total. The number of primary amides is 1. The Morgan fingerprint density at radius 1 is 0.886 bits per heavy atom. The van der Waals surface area contributed by atoms with Crippen LogP contribution in [0.15, 0.2) is 4.99 Å². The number of nitrogens with one attached hydrogen (secondary N) is 4. The summed E-state index contributed by atoms with van der Waals surface area (Å²) in [5, 5.41) is 11.5. The average molecular weight is 619 g/mol. The highest BCUT2D eigenvalue weighted by Gasteiger charge is 2.50. The van der Waals surface area contributed by atoms with Crippen molar-refractivity contribution >= 4 is 41.2 Å². The van der Waals surface area contributed by atoms with E-state index in [4.69, 9.17) is 17.2 Å². The van der Waals surface area contributed by atoms with Crippen molar-refractivity contribution in [1.29, 1.82) is 0 Å². The number of fused-ring (bicyclic) bond motifs is 2. The highest BCUT2D eigenvalue weighted by atomic mass is 16.2. The number of unbranched alkanes of at least 4 members (excludes halogenated alkanes) is 1. The van der Waals surface area contributed by atoms with Crippen LogP contribution in [0.2, 0.25) is 0 Å². The summed E-state index contributed by atoms with van der Waals surface area (Å²) in [6.07, 6.45) is 3.59. The molecular formula is C28H46N10O6. The Hall–Kier alpha value is -3.63. The summed E-state index contributed by atoms with van der Waals surface area (Å²) in [6, 6.07) is -6.22. The lowest BCUT2D eigenvalue weighted by Crippen LogP contribution is -2.72. The SMILES string of the molecule is CCCC[C@@H]1NC[C@H](C(=O)C2CCC(N3C[C@H](C(N)=O)NC(=O)[C@@H]3CCCN=C(N)N)C(=O)[C@@H]3CN2[C@H](C)C(=O)N3)NC1=O. The molecule has 0 aliphatic carbocycles. The van der Waals surface area contributed by atoms with Crippen LogP contribution in [0, 0.1) is 0 Å². The number of nitrogens with two attached hydrogens (primary N) is 3. The van der Waals surface area contributed by atoms with Crippen molar-refractivity contribution in [2.45, 2.75) is 107 Å². The van der Waals surface area contributed by atoms with Crippen LogP contribution in [-0.4, -0.2) is 125 Å². The molecule has 0 aromatic heterocycles. The van der Waals surface area contributed by atoms with Gasteiger partial charge in [0.15, 0.2) is 17.5 Å². The third kappa shape index (κ3) is 7.35. The molecule has 2 bridgehead atoms. The van der Waals surface area contributed by atoms with Crippen LogP contribution in [0.4, 0.5) is 0 Å². The second-order valence-corrected chi connectivity index (χ2v) is 12.1. The van der Waals surface area contributed by atoms with Crippen molar-refractivity contribution < 1.29 is 28.8 Å². The molecule has 44 heavy (non-hydrogen) atoms. The molecule has 0 aromatic rings. The summed E-state index contributed by atoms with van der Waals surface area (Å²) >= 11 is 0. The van der Waals surface area contributed by atoms with Crippen LogP contribution in [0.1, 0.15) is 58.8 Å². The van der Waals surface area contributed by atoms with Gasteiger partial charge in [0.25, 0.3) is 0 Å². The van der Waals surface area contributed by atoms with Gasteiger partial charge in [-0.3, -0.25) is 43.6 Å². The lowest BCUT2D eigenvalue weighted by Gasteiger charge is -2.48. The standard InChI is InChI=1S/C28H46N10O6/c1-3-4-6-15-26(43)34-16(11-33-15)22(39)19-8-9-20(23(40)17-12-37(19)14(2)25(42)35-17)38-13-18(24(29)41)36-27(44)21(38)7-5-10-32-28(30)31/h14-21,33H,3-13H2,1-2H3,(H2,29,41)(H,34,43)(H,35,42)(H,36,44)(H4,30,31,32)/t14-,15+,16-,17+,18-,19?,20?,21+/m1/s1. The van der Waals surface area contributed by atoms with E-state index in [0.29, 0.717) is 19.3 Å². The fourth-order valence-electron chi connectivity index (χ4n) is 6.73. The van der Waals surface area contributed by atoms with Gasteiger partial charge in [-0.2, -0.15) is 0 Å². The minimum atomic E-state index is -1.02. The minimum absolute atomic E-state index is 0.00834. The second kappa shape index (κ2) is 14.4. The first-order chi connectivity index (χ1) is 20.9. The van der Waals surface area contributed by atoms with E-state index in [1.165, 1.54) is 0 Å². The number of Topliss-reactive ketones (excluding diaryl/α,β-unsaturated/α-hetero) is 2. The highest BCUT2D eigenvalue weighted by molar-refractivity contribution is 5.99. The van der Waals surface area contributed by atoms with Crippen LogP contribution in [-0.2, 0) is 28.8 Å². The zero-order valence-electron chi connectivity index (χ0n) is 25.4. The van der Waals surface area contributed by atoms with E-state index in [1.54, 1.807) is 16.7 Å². The van der Waals surface area contributed by atoms with Gasteiger partial charge in [-0.05, 0) is 39.0 Å². The third-order valence-electron chi connectivity index (χ3n) is 9.18. The summed E-state index contributed by atoms with van der Waals surface area (Å²) in [4.78, 5) is 86.6. The Labute approximate surface area is 256 Å². The number of piperazine rings is 3. The zero-order valence-corrected chi connectivity index (χ0v) is 25.4. The average Bonchev–Trinajstić information content (AvgIpc) is 2.97. The Kier molecular flexibility index (Phi) is 10.9. The van der Waals surface area contributed by atoms with Crippen molar-refractivity contribution in [3.05, 3.63) is 0 Å². The second-order valence-electron chi connectivity index (χ2n) is 12.1. The number of hydrogen-bond acceptors (Lipinski definition) is 10. The molecule has 16 heteroatoms. The van der Waals surface area contributed by atoms with Crippen LogP contribution < -0.4 is 38.5 Å². The van der Waals surface area contributed by atoms with Crippen molar-refractivity contribution in [3.8, 4) is 0 Å². The maximum absolute atomic E-state index is 14.0. The number of hydrogen-bond donors (Lipinski definition) is 7. The monoisotopic (exact) mass is 618 g/mol. The van der Waals surface area contributed by atoms with Gasteiger partial charge < -0.3 is 38.5 Å². The van der Waals surface area contributed by atoms with Gasteiger partial charge in [-0.25, -0.2) is 0 Å². The molecule has 4 fully saturated rings. The number of carbonyl (C=O) groups is 6. The molecule has 4 saturated heterocycles. The minimum Gasteiger partial charge on any atom is -0.370 e. The lowest BCUT2D eigenvalue weighted by molar-refractivity contribution is -0.149. The molecule has 16 nitrogen and oxygen atoms in total. The zero-order chi connectivity index (χ0) is 32.1. The van der Waals surface area contributed by atoms with Gasteiger partial charge in [-0.15, -0.1) is 0 Å². The quantitative estimate of drug-likeness (QED) is 0.0672. The van der Waals surface area contributed by atoms with E-state index in [0.717, 1.165) is 12.8 Å². The van der Waals surface area contributed by atoms with E-state index >= 15 is 0 Å². The first kappa shape index (κ1) is 33.3. The summed E-state index contributed by atoms with van der Waals surface area (Å²) in [5.74, 6) is -2.44. The van der Waals surface area contributed by atoms with Crippen molar-refractivity contribution in [2.75, 3.05) is 26.2 Å². The molecule has 244 valence electrons. The first-order valence-electron chi connectivity index (χ1n) is 15.5. The normalized spacial score (nSPS) is 34.5. The molecule has 4 amide bonds.